The van der Waals surface area contributed by atoms with Gasteiger partial charge in [-0.3, -0.25) is 4.79 Å². The van der Waals surface area contributed by atoms with Crippen LogP contribution in [0, 0.1) is 5.41 Å². The van der Waals surface area contributed by atoms with Crippen molar-refractivity contribution in [3.8, 4) is 11.4 Å². The Morgan fingerprint density at radius 3 is 2.55 bits per heavy atom. The minimum Gasteiger partial charge on any atom is -0.481 e. The van der Waals surface area contributed by atoms with Crippen LogP contribution in [-0.4, -0.2) is 41.3 Å². The molecule has 1 N–H and O–H groups in total. The second kappa shape index (κ2) is 5.32. The number of rotatable bonds is 4. The van der Waals surface area contributed by atoms with Crippen LogP contribution >= 0.6 is 0 Å². The van der Waals surface area contributed by atoms with Gasteiger partial charge >= 0.3 is 5.97 Å². The van der Waals surface area contributed by atoms with Crippen LogP contribution in [0.3, 0.4) is 0 Å². The molecule has 1 atom stereocenters. The van der Waals surface area contributed by atoms with Gasteiger partial charge in [0.05, 0.1) is 18.0 Å². The fraction of sp³-hybridized carbons (Fsp3) is 0.500. The number of nitrogens with zero attached hydrogens (tertiary/aromatic N) is 6. The molecular formula is C12H16N6O2. The number of aliphatic carboxylic acids is 1. The molecule has 8 heteroatoms. The SMILES string of the molecule is CC(C)(C)C(CC(=O)O)n1nnnc1-c1cncnc1. The Kier molecular flexibility index (Phi) is 3.73. The van der Waals surface area contributed by atoms with Crippen LogP contribution < -0.4 is 0 Å². The maximum atomic E-state index is 11.1. The minimum atomic E-state index is -0.893. The molecule has 1 unspecified atom stereocenters. The third-order valence-corrected chi connectivity index (χ3v) is 2.97. The summed E-state index contributed by atoms with van der Waals surface area (Å²) in [5.74, 6) is -0.428. The standard InChI is InChI=1S/C12H16N6O2/c1-12(2,3)9(4-10(19)20)18-11(15-16-17-18)8-5-13-7-14-6-8/h5-7,9H,4H2,1-3H3,(H,19,20). The lowest BCUT2D eigenvalue weighted by molar-refractivity contribution is -0.138. The van der Waals surface area contributed by atoms with Gasteiger partial charge < -0.3 is 5.11 Å². The van der Waals surface area contributed by atoms with Crippen LogP contribution in [-0.2, 0) is 4.79 Å². The molecule has 0 aliphatic heterocycles. The molecule has 0 fully saturated rings. The number of tetrazole rings is 1. The molecule has 2 rings (SSSR count). The molecule has 0 bridgehead atoms. The predicted molar refractivity (Wildman–Crippen MR) is 69.6 cm³/mol. The van der Waals surface area contributed by atoms with Gasteiger partial charge in [0, 0.05) is 12.4 Å². The Bertz CT molecular complexity index is 589. The highest BCUT2D eigenvalue weighted by atomic mass is 16.4. The van der Waals surface area contributed by atoms with Gasteiger partial charge in [-0.15, -0.1) is 5.10 Å². The van der Waals surface area contributed by atoms with Crippen LogP contribution in [0.1, 0.15) is 33.2 Å². The van der Waals surface area contributed by atoms with Crippen molar-refractivity contribution in [3.05, 3.63) is 18.7 Å². The first kappa shape index (κ1) is 14.0. The van der Waals surface area contributed by atoms with Gasteiger partial charge in [-0.2, -0.15) is 0 Å². The van der Waals surface area contributed by atoms with E-state index >= 15 is 0 Å². The summed E-state index contributed by atoms with van der Waals surface area (Å²) in [5.41, 5.74) is 0.343. The lowest BCUT2D eigenvalue weighted by atomic mass is 9.84. The average molecular weight is 276 g/mol. The summed E-state index contributed by atoms with van der Waals surface area (Å²) in [6.07, 6.45) is 4.54. The molecule has 0 spiro atoms. The molecule has 0 radical (unpaired) electrons. The van der Waals surface area contributed by atoms with E-state index in [4.69, 9.17) is 5.11 Å². The van der Waals surface area contributed by atoms with Crippen molar-refractivity contribution in [2.75, 3.05) is 0 Å². The highest BCUT2D eigenvalue weighted by Crippen LogP contribution is 2.34. The molecule has 0 saturated heterocycles. The third-order valence-electron chi connectivity index (χ3n) is 2.97. The summed E-state index contributed by atoms with van der Waals surface area (Å²) >= 11 is 0. The van der Waals surface area contributed by atoms with Crippen LogP contribution in [0.5, 0.6) is 0 Å². The predicted octanol–water partition coefficient (Wildman–Crippen LogP) is 1.19. The molecular weight excluding hydrogens is 260 g/mol. The Morgan fingerprint density at radius 1 is 1.35 bits per heavy atom. The van der Waals surface area contributed by atoms with E-state index in [0.29, 0.717) is 11.4 Å². The Balaban J connectivity index is 2.46. The summed E-state index contributed by atoms with van der Waals surface area (Å²) in [7, 11) is 0. The van der Waals surface area contributed by atoms with Gasteiger partial charge in [-0.1, -0.05) is 20.8 Å². The zero-order valence-corrected chi connectivity index (χ0v) is 11.6. The van der Waals surface area contributed by atoms with Crippen LogP contribution in [0.4, 0.5) is 0 Å². The van der Waals surface area contributed by atoms with Gasteiger partial charge in [-0.25, -0.2) is 14.6 Å². The lowest BCUT2D eigenvalue weighted by Crippen LogP contribution is -2.28. The van der Waals surface area contributed by atoms with Crippen molar-refractivity contribution < 1.29 is 9.90 Å². The Hall–Kier alpha value is -2.38. The van der Waals surface area contributed by atoms with Crippen molar-refractivity contribution in [1.29, 1.82) is 0 Å². The van der Waals surface area contributed by atoms with E-state index < -0.39 is 5.97 Å². The van der Waals surface area contributed by atoms with E-state index in [1.807, 2.05) is 20.8 Å². The van der Waals surface area contributed by atoms with Crippen molar-refractivity contribution in [2.45, 2.75) is 33.2 Å². The number of carboxylic acid groups (broad SMARTS) is 1. The topological polar surface area (TPSA) is 107 Å². The van der Waals surface area contributed by atoms with Crippen molar-refractivity contribution in [3.63, 3.8) is 0 Å². The number of hydrogen-bond donors (Lipinski definition) is 1. The zero-order valence-electron chi connectivity index (χ0n) is 11.6. The summed E-state index contributed by atoms with van der Waals surface area (Å²) in [6.45, 7) is 5.86. The highest BCUT2D eigenvalue weighted by molar-refractivity contribution is 5.67. The third kappa shape index (κ3) is 2.95. The number of aromatic nitrogens is 6. The van der Waals surface area contributed by atoms with E-state index in [0.717, 1.165) is 0 Å². The average Bonchev–Trinajstić information content (AvgIpc) is 2.84. The first-order valence-corrected chi connectivity index (χ1v) is 6.14. The maximum absolute atomic E-state index is 11.1. The van der Waals surface area contributed by atoms with Gasteiger partial charge in [0.15, 0.2) is 5.82 Å². The largest absolute Gasteiger partial charge is 0.481 e. The second-order valence-electron chi connectivity index (χ2n) is 5.55. The van der Waals surface area contributed by atoms with Gasteiger partial charge in [0.1, 0.15) is 6.33 Å². The molecule has 0 saturated carbocycles. The molecule has 8 nitrogen and oxygen atoms in total. The van der Waals surface area contributed by atoms with Crippen molar-refractivity contribution >= 4 is 5.97 Å². The van der Waals surface area contributed by atoms with Crippen LogP contribution in [0.15, 0.2) is 18.7 Å². The van der Waals surface area contributed by atoms with Gasteiger partial charge in [0.25, 0.3) is 0 Å². The van der Waals surface area contributed by atoms with E-state index in [1.54, 1.807) is 12.4 Å². The molecule has 0 aliphatic carbocycles. The molecule has 0 aliphatic rings. The number of hydrogen-bond acceptors (Lipinski definition) is 6. The van der Waals surface area contributed by atoms with E-state index in [9.17, 15) is 4.79 Å². The number of carboxylic acids is 1. The van der Waals surface area contributed by atoms with E-state index in [2.05, 4.69) is 25.5 Å². The Morgan fingerprint density at radius 2 is 2.00 bits per heavy atom. The zero-order chi connectivity index (χ0) is 14.8. The second-order valence-corrected chi connectivity index (χ2v) is 5.55. The molecule has 20 heavy (non-hydrogen) atoms. The summed E-state index contributed by atoms with van der Waals surface area (Å²) in [6, 6.07) is -0.370. The fourth-order valence-electron chi connectivity index (χ4n) is 1.93. The highest BCUT2D eigenvalue weighted by Gasteiger charge is 2.32. The normalized spacial score (nSPS) is 13.2. The molecule has 0 aromatic carbocycles. The summed E-state index contributed by atoms with van der Waals surface area (Å²) in [4.78, 5) is 18.9. The quantitative estimate of drug-likeness (QED) is 0.893. The monoisotopic (exact) mass is 276 g/mol. The van der Waals surface area contributed by atoms with Gasteiger partial charge in [0.2, 0.25) is 0 Å². The van der Waals surface area contributed by atoms with E-state index in [-0.39, 0.29) is 17.9 Å². The summed E-state index contributed by atoms with van der Waals surface area (Å²) in [5, 5.41) is 20.7. The molecule has 106 valence electrons. The van der Waals surface area contributed by atoms with Gasteiger partial charge in [-0.05, 0) is 15.8 Å². The summed E-state index contributed by atoms with van der Waals surface area (Å²) < 4.78 is 1.53. The van der Waals surface area contributed by atoms with Crippen molar-refractivity contribution in [1.82, 2.24) is 30.2 Å². The Labute approximate surface area is 115 Å². The lowest BCUT2D eigenvalue weighted by Gasteiger charge is -2.29. The van der Waals surface area contributed by atoms with E-state index in [1.165, 1.54) is 11.0 Å². The van der Waals surface area contributed by atoms with Crippen LogP contribution in [0.25, 0.3) is 11.4 Å². The molecule has 2 aromatic heterocycles. The first-order chi connectivity index (χ1) is 9.39. The molecule has 2 heterocycles. The molecule has 2 aromatic rings. The maximum Gasteiger partial charge on any atom is 0.305 e. The first-order valence-electron chi connectivity index (χ1n) is 6.14. The number of carbonyl (C=O) groups is 1. The van der Waals surface area contributed by atoms with Crippen LogP contribution in [0.2, 0.25) is 0 Å². The minimum absolute atomic E-state index is 0.0603. The van der Waals surface area contributed by atoms with Crippen molar-refractivity contribution in [2.24, 2.45) is 5.41 Å². The molecule has 0 amide bonds. The smallest absolute Gasteiger partial charge is 0.305 e. The fourth-order valence-corrected chi connectivity index (χ4v) is 1.93.